The summed E-state index contributed by atoms with van der Waals surface area (Å²) in [4.78, 5) is 13.0. The van der Waals surface area contributed by atoms with Crippen molar-refractivity contribution in [3.63, 3.8) is 0 Å². The summed E-state index contributed by atoms with van der Waals surface area (Å²) in [6.45, 7) is 4.44. The summed E-state index contributed by atoms with van der Waals surface area (Å²) in [7, 11) is -3.77. The average Bonchev–Trinajstić information content (AvgIpc) is 2.84. The van der Waals surface area contributed by atoms with E-state index in [1.165, 1.54) is 30.0 Å². The zero-order chi connectivity index (χ0) is 17.9. The Hall–Kier alpha value is -2.26. The fourth-order valence-electron chi connectivity index (χ4n) is 2.42. The van der Waals surface area contributed by atoms with E-state index in [-0.39, 0.29) is 29.6 Å². The van der Waals surface area contributed by atoms with Gasteiger partial charge in [-0.1, -0.05) is 12.1 Å². The Kier molecular flexibility index (Phi) is 5.35. The maximum Gasteiger partial charge on any atom is 0.244 e. The van der Waals surface area contributed by atoms with Crippen LogP contribution in [0.4, 0.5) is 10.1 Å². The van der Waals surface area contributed by atoms with Gasteiger partial charge in [0, 0.05) is 20.0 Å². The molecule has 0 spiro atoms. The minimum absolute atomic E-state index is 0.00540. The van der Waals surface area contributed by atoms with E-state index in [2.05, 4.69) is 14.9 Å². The average molecular weight is 354 g/mol. The first kappa shape index (κ1) is 18.1. The number of nitrogens with one attached hydrogen (secondary N) is 2. The van der Waals surface area contributed by atoms with Gasteiger partial charge in [-0.05, 0) is 26.0 Å². The fourth-order valence-corrected chi connectivity index (χ4v) is 3.81. The Balaban J connectivity index is 2.12. The number of benzene rings is 1. The molecule has 0 aliphatic rings. The molecule has 0 aliphatic heterocycles. The number of rotatable bonds is 6. The van der Waals surface area contributed by atoms with Crippen LogP contribution in [0, 0.1) is 19.7 Å². The summed E-state index contributed by atoms with van der Waals surface area (Å²) >= 11 is 0. The van der Waals surface area contributed by atoms with Crippen molar-refractivity contribution in [3.8, 4) is 0 Å². The summed E-state index contributed by atoms with van der Waals surface area (Å²) in [5.74, 6) is -0.924. The molecule has 0 radical (unpaired) electrons. The lowest BCUT2D eigenvalue weighted by Crippen LogP contribution is -2.38. The molecule has 2 aromatic rings. The largest absolute Gasteiger partial charge is 0.309 e. The first-order valence-corrected chi connectivity index (χ1v) is 8.76. The number of sulfonamides is 1. The fraction of sp³-hybridized carbons (Fsp3) is 0.333. The van der Waals surface area contributed by atoms with Gasteiger partial charge in [-0.2, -0.15) is 5.10 Å². The van der Waals surface area contributed by atoms with Crippen LogP contribution in [0.2, 0.25) is 0 Å². The van der Waals surface area contributed by atoms with Crippen LogP contribution in [-0.2, 0) is 14.8 Å². The SMILES string of the molecule is CC(=O)N(CCNS(=O)(=O)c1c(C)n[nH]c1C)c1ccccc1F. The molecule has 0 fully saturated rings. The molecule has 2 N–H and O–H groups in total. The number of anilines is 1. The van der Waals surface area contributed by atoms with Crippen LogP contribution in [0.15, 0.2) is 29.2 Å². The molecule has 24 heavy (non-hydrogen) atoms. The molecule has 1 aromatic heterocycles. The quantitative estimate of drug-likeness (QED) is 0.822. The van der Waals surface area contributed by atoms with Gasteiger partial charge in [-0.15, -0.1) is 0 Å². The summed E-state index contributed by atoms with van der Waals surface area (Å²) in [6.07, 6.45) is 0. The number of H-pyrrole nitrogens is 1. The molecule has 0 saturated carbocycles. The highest BCUT2D eigenvalue weighted by Crippen LogP contribution is 2.19. The monoisotopic (exact) mass is 354 g/mol. The number of aromatic amines is 1. The molecule has 0 bridgehead atoms. The molecule has 0 saturated heterocycles. The van der Waals surface area contributed by atoms with Crippen molar-refractivity contribution in [2.24, 2.45) is 0 Å². The molecule has 1 amide bonds. The minimum Gasteiger partial charge on any atom is -0.309 e. The topological polar surface area (TPSA) is 95.2 Å². The number of carbonyl (C=O) groups excluding carboxylic acids is 1. The predicted molar refractivity (Wildman–Crippen MR) is 87.7 cm³/mol. The Bertz CT molecular complexity index is 829. The second-order valence-electron chi connectivity index (χ2n) is 5.28. The van der Waals surface area contributed by atoms with Gasteiger partial charge >= 0.3 is 0 Å². The minimum atomic E-state index is -3.77. The third-order valence-corrected chi connectivity index (χ3v) is 5.20. The van der Waals surface area contributed by atoms with Crippen LogP contribution in [0.25, 0.3) is 0 Å². The molecule has 9 heteroatoms. The normalized spacial score (nSPS) is 11.5. The number of aromatic nitrogens is 2. The highest BCUT2D eigenvalue weighted by atomic mass is 32.2. The molecular formula is C15H19FN4O3S. The first-order chi connectivity index (χ1) is 11.2. The third-order valence-electron chi connectivity index (χ3n) is 3.48. The molecule has 2 rings (SSSR count). The standard InChI is InChI=1S/C15H19FN4O3S/c1-10-15(11(2)19-18-10)24(22,23)17-8-9-20(12(3)21)14-7-5-4-6-13(14)16/h4-7,17H,8-9H2,1-3H3,(H,18,19). The van der Waals surface area contributed by atoms with Crippen LogP contribution in [0.1, 0.15) is 18.3 Å². The molecule has 0 unspecified atom stereocenters. The van der Waals surface area contributed by atoms with Gasteiger partial charge in [0.15, 0.2) is 0 Å². The Morgan fingerprint density at radius 3 is 2.54 bits per heavy atom. The van der Waals surface area contributed by atoms with Crippen molar-refractivity contribution in [2.45, 2.75) is 25.7 Å². The Morgan fingerprint density at radius 2 is 2.00 bits per heavy atom. The highest BCUT2D eigenvalue weighted by molar-refractivity contribution is 7.89. The summed E-state index contributed by atoms with van der Waals surface area (Å²) in [6, 6.07) is 5.84. The number of para-hydroxylation sites is 1. The molecule has 0 aliphatic carbocycles. The van der Waals surface area contributed by atoms with Gasteiger partial charge in [0.1, 0.15) is 10.7 Å². The summed E-state index contributed by atoms with van der Waals surface area (Å²) in [5, 5.41) is 6.47. The van der Waals surface area contributed by atoms with Crippen molar-refractivity contribution in [1.82, 2.24) is 14.9 Å². The van der Waals surface area contributed by atoms with Gasteiger partial charge in [0.2, 0.25) is 15.9 Å². The molecular weight excluding hydrogens is 335 g/mol. The number of nitrogens with zero attached hydrogens (tertiary/aromatic N) is 2. The molecule has 0 atom stereocenters. The number of hydrogen-bond donors (Lipinski definition) is 2. The Labute approximate surface area is 139 Å². The number of carbonyl (C=O) groups is 1. The zero-order valence-corrected chi connectivity index (χ0v) is 14.4. The molecule has 1 aromatic carbocycles. The van der Waals surface area contributed by atoms with Crippen molar-refractivity contribution in [2.75, 3.05) is 18.0 Å². The third kappa shape index (κ3) is 3.80. The highest BCUT2D eigenvalue weighted by Gasteiger charge is 2.23. The van der Waals surface area contributed by atoms with Gasteiger partial charge in [-0.3, -0.25) is 9.89 Å². The van der Waals surface area contributed by atoms with Crippen LogP contribution in [-0.4, -0.2) is 37.6 Å². The van der Waals surface area contributed by atoms with Crippen molar-refractivity contribution in [3.05, 3.63) is 41.5 Å². The van der Waals surface area contributed by atoms with E-state index in [0.29, 0.717) is 11.4 Å². The molecule has 130 valence electrons. The molecule has 7 nitrogen and oxygen atoms in total. The summed E-state index contributed by atoms with van der Waals surface area (Å²) in [5.41, 5.74) is 0.898. The van der Waals surface area contributed by atoms with Crippen LogP contribution >= 0.6 is 0 Å². The van der Waals surface area contributed by atoms with Gasteiger partial charge < -0.3 is 4.90 Å². The smallest absolute Gasteiger partial charge is 0.244 e. The van der Waals surface area contributed by atoms with Gasteiger partial charge in [0.05, 0.1) is 17.1 Å². The number of aryl methyl sites for hydroxylation is 2. The second kappa shape index (κ2) is 7.10. The number of halogens is 1. The predicted octanol–water partition coefficient (Wildman–Crippen LogP) is 1.50. The van der Waals surface area contributed by atoms with Crippen LogP contribution in [0.5, 0.6) is 0 Å². The van der Waals surface area contributed by atoms with E-state index in [1.54, 1.807) is 19.9 Å². The van der Waals surface area contributed by atoms with Crippen molar-refractivity contribution < 1.29 is 17.6 Å². The van der Waals surface area contributed by atoms with E-state index in [4.69, 9.17) is 0 Å². The van der Waals surface area contributed by atoms with Crippen LogP contribution < -0.4 is 9.62 Å². The summed E-state index contributed by atoms with van der Waals surface area (Å²) < 4.78 is 40.9. The lowest BCUT2D eigenvalue weighted by molar-refractivity contribution is -0.116. The zero-order valence-electron chi connectivity index (χ0n) is 13.6. The second-order valence-corrected chi connectivity index (χ2v) is 6.99. The van der Waals surface area contributed by atoms with E-state index in [1.807, 2.05) is 0 Å². The van der Waals surface area contributed by atoms with Crippen LogP contribution in [0.3, 0.4) is 0 Å². The maximum absolute atomic E-state index is 13.8. The number of amides is 1. The Morgan fingerprint density at radius 1 is 1.33 bits per heavy atom. The molecule has 1 heterocycles. The lowest BCUT2D eigenvalue weighted by atomic mass is 10.2. The van der Waals surface area contributed by atoms with Gasteiger partial charge in [0.25, 0.3) is 0 Å². The van der Waals surface area contributed by atoms with E-state index >= 15 is 0 Å². The maximum atomic E-state index is 13.8. The van der Waals surface area contributed by atoms with Crippen molar-refractivity contribution >= 4 is 21.6 Å². The first-order valence-electron chi connectivity index (χ1n) is 7.28. The lowest BCUT2D eigenvalue weighted by Gasteiger charge is -2.21. The van der Waals surface area contributed by atoms with Gasteiger partial charge in [-0.25, -0.2) is 17.5 Å². The van der Waals surface area contributed by atoms with E-state index < -0.39 is 15.8 Å². The van der Waals surface area contributed by atoms with Crippen molar-refractivity contribution in [1.29, 1.82) is 0 Å². The van der Waals surface area contributed by atoms with E-state index in [9.17, 15) is 17.6 Å². The van der Waals surface area contributed by atoms with E-state index in [0.717, 1.165) is 0 Å². The number of hydrogen-bond acceptors (Lipinski definition) is 4.